The second kappa shape index (κ2) is 4.22. The fourth-order valence-electron chi connectivity index (χ4n) is 6.15. The van der Waals surface area contributed by atoms with Gasteiger partial charge in [0, 0.05) is 5.41 Å². The summed E-state index contributed by atoms with van der Waals surface area (Å²) >= 11 is 0. The van der Waals surface area contributed by atoms with Gasteiger partial charge in [-0.25, -0.2) is 0 Å². The molecule has 0 spiro atoms. The maximum absolute atomic E-state index is 11.9. The van der Waals surface area contributed by atoms with Crippen LogP contribution in [0.15, 0.2) is 0 Å². The fraction of sp³-hybridized carbons (Fsp3) is 0.941. The Balaban J connectivity index is 1.96. The Morgan fingerprint density at radius 1 is 1.25 bits per heavy atom. The molecule has 0 heterocycles. The van der Waals surface area contributed by atoms with E-state index < -0.39 is 17.0 Å². The molecule has 4 aliphatic rings. The number of carboxylic acid groups (broad SMARTS) is 1. The molecule has 4 bridgehead atoms. The van der Waals surface area contributed by atoms with Gasteiger partial charge in [0.1, 0.15) is 0 Å². The summed E-state index contributed by atoms with van der Waals surface area (Å²) in [6.45, 7) is 6.25. The van der Waals surface area contributed by atoms with Gasteiger partial charge in [-0.2, -0.15) is 0 Å². The maximum Gasteiger partial charge on any atom is 0.309 e. The van der Waals surface area contributed by atoms with Crippen LogP contribution in [0.3, 0.4) is 0 Å². The van der Waals surface area contributed by atoms with E-state index >= 15 is 0 Å². The Morgan fingerprint density at radius 3 is 2.25 bits per heavy atom. The summed E-state index contributed by atoms with van der Waals surface area (Å²) in [7, 11) is 0. The molecule has 3 unspecified atom stereocenters. The third-order valence-electron chi connectivity index (χ3n) is 6.46. The molecule has 4 saturated carbocycles. The quantitative estimate of drug-likeness (QED) is 0.829. The van der Waals surface area contributed by atoms with Crippen molar-refractivity contribution in [1.82, 2.24) is 0 Å². The summed E-state index contributed by atoms with van der Waals surface area (Å²) in [4.78, 5) is 11.9. The van der Waals surface area contributed by atoms with E-state index in [1.807, 2.05) is 6.92 Å². The number of carbonyl (C=O) groups is 1. The van der Waals surface area contributed by atoms with Gasteiger partial charge in [-0.3, -0.25) is 4.79 Å². The molecule has 2 N–H and O–H groups in total. The average Bonchev–Trinajstić information content (AvgIpc) is 2.24. The van der Waals surface area contributed by atoms with Crippen molar-refractivity contribution >= 4 is 5.97 Å². The Labute approximate surface area is 121 Å². The van der Waals surface area contributed by atoms with E-state index in [-0.39, 0.29) is 5.41 Å². The summed E-state index contributed by atoms with van der Waals surface area (Å²) < 4.78 is 0. The standard InChI is InChI=1S/C17H28O3/c1-11(2)5-15(3,20)17-8-12-4-13(9-17)7-16(6-12,10-17)14(18)19/h11-13,20H,4-10H2,1-3H3,(H,18,19). The third kappa shape index (κ3) is 1.93. The molecule has 0 radical (unpaired) electrons. The minimum atomic E-state index is -0.723. The highest BCUT2D eigenvalue weighted by molar-refractivity contribution is 5.75. The first kappa shape index (κ1) is 14.4. The van der Waals surface area contributed by atoms with Crippen LogP contribution in [0.25, 0.3) is 0 Å². The van der Waals surface area contributed by atoms with Crippen molar-refractivity contribution < 1.29 is 15.0 Å². The Morgan fingerprint density at radius 2 is 1.80 bits per heavy atom. The van der Waals surface area contributed by atoms with Gasteiger partial charge >= 0.3 is 5.97 Å². The molecule has 0 aromatic rings. The smallest absolute Gasteiger partial charge is 0.309 e. The molecule has 0 aromatic carbocycles. The Hall–Kier alpha value is -0.570. The minimum absolute atomic E-state index is 0.153. The van der Waals surface area contributed by atoms with Crippen molar-refractivity contribution in [2.75, 3.05) is 0 Å². The van der Waals surface area contributed by atoms with Crippen molar-refractivity contribution in [3.63, 3.8) is 0 Å². The van der Waals surface area contributed by atoms with Gasteiger partial charge in [-0.05, 0) is 69.6 Å². The van der Waals surface area contributed by atoms with Gasteiger partial charge < -0.3 is 10.2 Å². The highest BCUT2D eigenvalue weighted by Gasteiger charge is 2.65. The van der Waals surface area contributed by atoms with Crippen LogP contribution < -0.4 is 0 Å². The lowest BCUT2D eigenvalue weighted by Crippen LogP contribution is -2.62. The summed E-state index contributed by atoms with van der Waals surface area (Å²) in [5, 5.41) is 20.9. The first-order chi connectivity index (χ1) is 9.18. The molecule has 4 aliphatic carbocycles. The molecule has 0 saturated heterocycles. The molecule has 114 valence electrons. The zero-order valence-electron chi connectivity index (χ0n) is 13.0. The molecule has 0 amide bonds. The van der Waals surface area contributed by atoms with Crippen LogP contribution in [0.4, 0.5) is 0 Å². The summed E-state index contributed by atoms with van der Waals surface area (Å²) in [6.07, 6.45) is 6.44. The lowest BCUT2D eigenvalue weighted by molar-refractivity contribution is -0.213. The zero-order chi connectivity index (χ0) is 14.8. The number of rotatable bonds is 4. The predicted molar refractivity (Wildman–Crippen MR) is 77.3 cm³/mol. The van der Waals surface area contributed by atoms with Gasteiger partial charge in [-0.1, -0.05) is 13.8 Å². The largest absolute Gasteiger partial charge is 0.481 e. The van der Waals surface area contributed by atoms with Crippen molar-refractivity contribution in [1.29, 1.82) is 0 Å². The van der Waals surface area contributed by atoms with Crippen LogP contribution in [-0.4, -0.2) is 21.8 Å². The second-order valence-electron chi connectivity index (χ2n) is 8.70. The molecular weight excluding hydrogens is 252 g/mol. The number of hydrogen-bond acceptors (Lipinski definition) is 2. The van der Waals surface area contributed by atoms with Gasteiger partial charge in [0.25, 0.3) is 0 Å². The number of carboxylic acids is 1. The normalized spacial score (nSPS) is 45.6. The molecular formula is C17H28O3. The molecule has 4 fully saturated rings. The van der Waals surface area contributed by atoms with Gasteiger partial charge in [0.05, 0.1) is 11.0 Å². The van der Waals surface area contributed by atoms with Crippen LogP contribution in [0.2, 0.25) is 0 Å². The zero-order valence-corrected chi connectivity index (χ0v) is 13.0. The average molecular weight is 280 g/mol. The van der Waals surface area contributed by atoms with Crippen molar-refractivity contribution in [3.8, 4) is 0 Å². The van der Waals surface area contributed by atoms with E-state index in [0.29, 0.717) is 24.2 Å². The SMILES string of the molecule is CC(C)CC(C)(O)C12CC3CC(CC(C(=O)O)(C3)C1)C2. The molecule has 0 aromatic heterocycles. The number of aliphatic hydroxyl groups is 1. The van der Waals surface area contributed by atoms with Gasteiger partial charge in [0.15, 0.2) is 0 Å². The van der Waals surface area contributed by atoms with E-state index in [4.69, 9.17) is 0 Å². The van der Waals surface area contributed by atoms with Crippen molar-refractivity contribution in [2.45, 2.75) is 71.3 Å². The minimum Gasteiger partial charge on any atom is -0.481 e. The number of hydrogen-bond donors (Lipinski definition) is 2. The van der Waals surface area contributed by atoms with E-state index in [1.165, 1.54) is 6.42 Å². The van der Waals surface area contributed by atoms with Crippen LogP contribution in [0.5, 0.6) is 0 Å². The topological polar surface area (TPSA) is 57.5 Å². The Kier molecular flexibility index (Phi) is 3.03. The van der Waals surface area contributed by atoms with Crippen LogP contribution in [0, 0.1) is 28.6 Å². The molecule has 0 aliphatic heterocycles. The van der Waals surface area contributed by atoms with E-state index in [2.05, 4.69) is 13.8 Å². The molecule has 4 rings (SSSR count). The lowest BCUT2D eigenvalue weighted by atomic mass is 9.40. The Bertz CT molecular complexity index is 410. The second-order valence-corrected chi connectivity index (χ2v) is 8.70. The van der Waals surface area contributed by atoms with Crippen molar-refractivity contribution in [2.24, 2.45) is 28.6 Å². The summed E-state index contributed by atoms with van der Waals surface area (Å²) in [6, 6.07) is 0. The molecule has 3 nitrogen and oxygen atoms in total. The lowest BCUT2D eigenvalue weighted by Gasteiger charge is -2.64. The van der Waals surface area contributed by atoms with Crippen LogP contribution in [-0.2, 0) is 4.79 Å². The monoisotopic (exact) mass is 280 g/mol. The summed E-state index contributed by atoms with van der Waals surface area (Å²) in [5.74, 6) is 0.868. The van der Waals surface area contributed by atoms with E-state index in [0.717, 1.165) is 32.1 Å². The van der Waals surface area contributed by atoms with E-state index in [1.54, 1.807) is 0 Å². The number of aliphatic carboxylic acids is 1. The van der Waals surface area contributed by atoms with Crippen molar-refractivity contribution in [3.05, 3.63) is 0 Å². The first-order valence-corrected chi connectivity index (χ1v) is 8.14. The highest BCUT2D eigenvalue weighted by atomic mass is 16.4. The molecule has 3 heteroatoms. The first-order valence-electron chi connectivity index (χ1n) is 8.14. The highest BCUT2D eigenvalue weighted by Crippen LogP contribution is 2.68. The van der Waals surface area contributed by atoms with E-state index in [9.17, 15) is 15.0 Å². The fourth-order valence-corrected chi connectivity index (χ4v) is 6.15. The predicted octanol–water partition coefficient (Wildman–Crippen LogP) is 3.45. The molecule has 3 atom stereocenters. The molecule has 20 heavy (non-hydrogen) atoms. The van der Waals surface area contributed by atoms with Gasteiger partial charge in [0.2, 0.25) is 0 Å². The maximum atomic E-state index is 11.9. The van der Waals surface area contributed by atoms with Crippen LogP contribution in [0.1, 0.15) is 65.7 Å². The third-order valence-corrected chi connectivity index (χ3v) is 6.46. The summed E-state index contributed by atoms with van der Waals surface area (Å²) in [5.41, 5.74) is -1.41. The van der Waals surface area contributed by atoms with Gasteiger partial charge in [-0.15, -0.1) is 0 Å². The van der Waals surface area contributed by atoms with Crippen LogP contribution >= 0.6 is 0 Å².